The average molecular weight is 159 g/mol. The van der Waals surface area contributed by atoms with Crippen LogP contribution in [0, 0.1) is 5.41 Å². The van der Waals surface area contributed by atoms with Gasteiger partial charge in [0.2, 0.25) is 0 Å². The van der Waals surface area contributed by atoms with Gasteiger partial charge < -0.3 is 10.6 Å². The first kappa shape index (κ1) is 7.72. The highest BCUT2D eigenvalue weighted by Crippen LogP contribution is 2.14. The molecule has 0 radical (unpaired) electrons. The molecule has 0 amide bonds. The number of nitrogens with zero attached hydrogens (tertiary/aromatic N) is 1. The topological polar surface area (TPSA) is 53.1 Å². The van der Waals surface area contributed by atoms with Gasteiger partial charge >= 0.3 is 0 Å². The maximum atomic E-state index is 7.21. The molecule has 1 aliphatic heterocycles. The number of hydrogen-bond acceptors (Lipinski definition) is 2. The lowest BCUT2D eigenvalue weighted by Crippen LogP contribution is -2.47. The summed E-state index contributed by atoms with van der Waals surface area (Å²) in [7, 11) is 0. The van der Waals surface area contributed by atoms with Gasteiger partial charge in [-0.1, -0.05) is 0 Å². The highest BCUT2D eigenvalue weighted by Gasteiger charge is 2.18. The van der Waals surface area contributed by atoms with Crippen molar-refractivity contribution in [3.63, 3.8) is 0 Å². The molecule has 1 heterocycles. The molecule has 4 heteroatoms. The van der Waals surface area contributed by atoms with Gasteiger partial charge in [0.1, 0.15) is 0 Å². The van der Waals surface area contributed by atoms with Crippen molar-refractivity contribution in [2.45, 2.75) is 13.0 Å². The Hall–Kier alpha value is -0.380. The van der Waals surface area contributed by atoms with Gasteiger partial charge in [-0.05, 0) is 6.92 Å². The van der Waals surface area contributed by atoms with Crippen LogP contribution in [0.1, 0.15) is 6.92 Å². The third-order valence-corrected chi connectivity index (χ3v) is 2.87. The molecule has 0 spiro atoms. The zero-order valence-electron chi connectivity index (χ0n) is 6.13. The molecule has 1 saturated heterocycles. The zero-order valence-corrected chi connectivity index (χ0v) is 6.95. The van der Waals surface area contributed by atoms with Crippen molar-refractivity contribution in [1.82, 2.24) is 4.90 Å². The Morgan fingerprint density at radius 1 is 1.80 bits per heavy atom. The normalized spacial score (nSPS) is 26.5. The monoisotopic (exact) mass is 159 g/mol. The van der Waals surface area contributed by atoms with Crippen LogP contribution in [-0.2, 0) is 0 Å². The van der Waals surface area contributed by atoms with Crippen LogP contribution in [0.5, 0.6) is 0 Å². The smallest absolute Gasteiger partial charge is 0.188 e. The standard InChI is InChI=1S/C6H13N3S/c1-5-4-10-3-2-9(5)6(7)8/h5H,2-4H2,1H3,(H3,7,8). The summed E-state index contributed by atoms with van der Waals surface area (Å²) in [5.74, 6) is 2.41. The summed E-state index contributed by atoms with van der Waals surface area (Å²) in [6.07, 6.45) is 0. The molecule has 58 valence electrons. The molecule has 0 aliphatic carbocycles. The molecule has 1 fully saturated rings. The maximum absolute atomic E-state index is 7.21. The summed E-state index contributed by atoms with van der Waals surface area (Å²) in [6.45, 7) is 3.04. The first-order valence-electron chi connectivity index (χ1n) is 3.40. The summed E-state index contributed by atoms with van der Waals surface area (Å²) in [6, 6.07) is 0.441. The molecule has 10 heavy (non-hydrogen) atoms. The van der Waals surface area contributed by atoms with Crippen molar-refractivity contribution in [1.29, 1.82) is 5.41 Å². The van der Waals surface area contributed by atoms with E-state index in [0.29, 0.717) is 6.04 Å². The fourth-order valence-electron chi connectivity index (χ4n) is 1.09. The largest absolute Gasteiger partial charge is 0.370 e. The molecule has 0 saturated carbocycles. The van der Waals surface area contributed by atoms with Crippen molar-refractivity contribution >= 4 is 17.7 Å². The van der Waals surface area contributed by atoms with E-state index in [-0.39, 0.29) is 5.96 Å². The first-order chi connectivity index (χ1) is 4.72. The van der Waals surface area contributed by atoms with E-state index in [0.717, 1.165) is 18.1 Å². The van der Waals surface area contributed by atoms with E-state index >= 15 is 0 Å². The second-order valence-corrected chi connectivity index (χ2v) is 3.65. The minimum Gasteiger partial charge on any atom is -0.370 e. The lowest BCUT2D eigenvalue weighted by molar-refractivity contribution is 0.359. The van der Waals surface area contributed by atoms with Crippen LogP contribution in [0.2, 0.25) is 0 Å². The molecule has 1 rings (SSSR count). The quantitative estimate of drug-likeness (QED) is 0.395. The van der Waals surface area contributed by atoms with Crippen LogP contribution in [-0.4, -0.2) is 35.0 Å². The van der Waals surface area contributed by atoms with Crippen LogP contribution in [0.4, 0.5) is 0 Å². The predicted molar refractivity (Wildman–Crippen MR) is 45.4 cm³/mol. The van der Waals surface area contributed by atoms with Gasteiger partial charge in [-0.2, -0.15) is 11.8 Å². The summed E-state index contributed by atoms with van der Waals surface area (Å²) < 4.78 is 0. The minimum absolute atomic E-state index is 0.216. The van der Waals surface area contributed by atoms with Crippen LogP contribution in [0.15, 0.2) is 0 Å². The number of hydrogen-bond donors (Lipinski definition) is 2. The fraction of sp³-hybridized carbons (Fsp3) is 0.833. The molecule has 0 bridgehead atoms. The Labute approximate surface area is 65.5 Å². The lowest BCUT2D eigenvalue weighted by Gasteiger charge is -2.33. The van der Waals surface area contributed by atoms with Crippen molar-refractivity contribution in [3.05, 3.63) is 0 Å². The maximum Gasteiger partial charge on any atom is 0.188 e. The van der Waals surface area contributed by atoms with Gasteiger partial charge in [-0.25, -0.2) is 0 Å². The van der Waals surface area contributed by atoms with Crippen molar-refractivity contribution in [3.8, 4) is 0 Å². The first-order valence-corrected chi connectivity index (χ1v) is 4.55. The second-order valence-electron chi connectivity index (χ2n) is 2.50. The zero-order chi connectivity index (χ0) is 7.56. The van der Waals surface area contributed by atoms with Gasteiger partial charge in [0.05, 0.1) is 0 Å². The molecule has 0 aromatic heterocycles. The Kier molecular flexibility index (Phi) is 2.43. The third kappa shape index (κ3) is 1.56. The van der Waals surface area contributed by atoms with Crippen LogP contribution in [0.25, 0.3) is 0 Å². The molecule has 1 aliphatic rings. The van der Waals surface area contributed by atoms with Crippen molar-refractivity contribution in [2.24, 2.45) is 5.73 Å². The molecule has 3 N–H and O–H groups in total. The average Bonchev–Trinajstić information content (AvgIpc) is 1.88. The van der Waals surface area contributed by atoms with Gasteiger partial charge in [0.25, 0.3) is 0 Å². The predicted octanol–water partition coefficient (Wildman–Crippen LogP) is 0.317. The van der Waals surface area contributed by atoms with Crippen LogP contribution in [0.3, 0.4) is 0 Å². The van der Waals surface area contributed by atoms with E-state index in [1.165, 1.54) is 0 Å². The molecular weight excluding hydrogens is 146 g/mol. The fourth-order valence-corrected chi connectivity index (χ4v) is 2.10. The Morgan fingerprint density at radius 2 is 2.50 bits per heavy atom. The van der Waals surface area contributed by atoms with Gasteiger partial charge in [-0.15, -0.1) is 0 Å². The highest BCUT2D eigenvalue weighted by atomic mass is 32.2. The Bertz CT molecular complexity index is 137. The van der Waals surface area contributed by atoms with E-state index in [1.54, 1.807) is 0 Å². The van der Waals surface area contributed by atoms with E-state index in [2.05, 4.69) is 6.92 Å². The molecule has 0 aromatic rings. The second kappa shape index (κ2) is 3.14. The van der Waals surface area contributed by atoms with Gasteiger partial charge in [0.15, 0.2) is 5.96 Å². The van der Waals surface area contributed by atoms with Crippen molar-refractivity contribution < 1.29 is 0 Å². The van der Waals surface area contributed by atoms with Crippen LogP contribution < -0.4 is 5.73 Å². The molecular formula is C6H13N3S. The Morgan fingerprint density at radius 3 is 2.90 bits per heavy atom. The highest BCUT2D eigenvalue weighted by molar-refractivity contribution is 7.99. The van der Waals surface area contributed by atoms with Crippen molar-refractivity contribution in [2.75, 3.05) is 18.1 Å². The number of rotatable bonds is 0. The lowest BCUT2D eigenvalue weighted by atomic mass is 10.3. The summed E-state index contributed by atoms with van der Waals surface area (Å²) in [5.41, 5.74) is 5.36. The Balaban J connectivity index is 2.47. The van der Waals surface area contributed by atoms with E-state index < -0.39 is 0 Å². The summed E-state index contributed by atoms with van der Waals surface area (Å²) in [4.78, 5) is 1.94. The van der Waals surface area contributed by atoms with E-state index in [9.17, 15) is 0 Å². The molecule has 3 nitrogen and oxygen atoms in total. The SMILES string of the molecule is CC1CSCCN1C(=N)N. The summed E-state index contributed by atoms with van der Waals surface area (Å²) in [5, 5.41) is 7.21. The number of thioether (sulfide) groups is 1. The van der Waals surface area contributed by atoms with Gasteiger partial charge in [0, 0.05) is 24.1 Å². The third-order valence-electron chi connectivity index (χ3n) is 1.68. The molecule has 0 aromatic carbocycles. The van der Waals surface area contributed by atoms with Gasteiger partial charge in [-0.3, -0.25) is 5.41 Å². The summed E-state index contributed by atoms with van der Waals surface area (Å²) >= 11 is 1.93. The van der Waals surface area contributed by atoms with Crippen LogP contribution >= 0.6 is 11.8 Å². The number of nitrogens with two attached hydrogens (primary N) is 1. The van der Waals surface area contributed by atoms with E-state index in [4.69, 9.17) is 11.1 Å². The number of guanidine groups is 1. The minimum atomic E-state index is 0.216. The molecule has 1 atom stereocenters. The number of nitrogens with one attached hydrogen (secondary N) is 1. The molecule has 1 unspecified atom stereocenters. The van der Waals surface area contributed by atoms with E-state index in [1.807, 2.05) is 16.7 Å².